The van der Waals surface area contributed by atoms with E-state index in [1.807, 2.05) is 36.6 Å². The molecular weight excluding hydrogens is 426 g/mol. The predicted octanol–water partition coefficient (Wildman–Crippen LogP) is 4.42. The van der Waals surface area contributed by atoms with Gasteiger partial charge in [-0.2, -0.15) is 0 Å². The van der Waals surface area contributed by atoms with Gasteiger partial charge in [-0.15, -0.1) is 11.3 Å². The summed E-state index contributed by atoms with van der Waals surface area (Å²) in [6.45, 7) is 3.64. The van der Waals surface area contributed by atoms with Crippen LogP contribution in [0, 0.1) is 6.92 Å². The topological polar surface area (TPSA) is 90.3 Å². The number of fused-ring (bicyclic) bond motifs is 1. The molecular formula is C24H21N3O4S. The maximum atomic E-state index is 13.3. The number of aryl methyl sites for hydroxylation is 1. The molecule has 1 amide bonds. The molecule has 0 bridgehead atoms. The third kappa shape index (κ3) is 4.04. The number of rotatable bonds is 5. The number of benzene rings is 2. The van der Waals surface area contributed by atoms with Gasteiger partial charge in [0, 0.05) is 16.6 Å². The number of hydrogen-bond acceptors (Lipinski definition) is 6. The molecule has 1 atom stereocenters. The van der Waals surface area contributed by atoms with Crippen LogP contribution in [0.3, 0.4) is 0 Å². The molecule has 4 aromatic rings. The average molecular weight is 448 g/mol. The van der Waals surface area contributed by atoms with Crippen LogP contribution in [0.25, 0.3) is 21.3 Å². The van der Waals surface area contributed by atoms with Crippen molar-refractivity contribution in [1.29, 1.82) is 0 Å². The summed E-state index contributed by atoms with van der Waals surface area (Å²) in [6.07, 6.45) is 1.40. The second kappa shape index (κ2) is 8.76. The minimum atomic E-state index is -0.813. The average Bonchev–Trinajstić information content (AvgIpc) is 3.24. The highest BCUT2D eigenvalue weighted by Crippen LogP contribution is 2.31. The number of hydrogen-bond donors (Lipinski definition) is 1. The standard InChI is InChI=1S/C24H21N3O4S/c1-14-7-9-16(10-8-14)19-12-32-22-20(19)23(29)27(13-25-22)15(2)21(28)26-18-6-4-5-17(11-18)24(30)31-3/h4-13,15H,1-3H3,(H,26,28). The van der Waals surface area contributed by atoms with E-state index in [2.05, 4.69) is 10.3 Å². The molecule has 0 fully saturated rings. The Bertz CT molecular complexity index is 1370. The molecule has 2 aromatic carbocycles. The Morgan fingerprint density at radius 2 is 1.91 bits per heavy atom. The van der Waals surface area contributed by atoms with Crippen molar-refractivity contribution >= 4 is 39.1 Å². The smallest absolute Gasteiger partial charge is 0.337 e. The Morgan fingerprint density at radius 1 is 1.16 bits per heavy atom. The summed E-state index contributed by atoms with van der Waals surface area (Å²) in [5.41, 5.74) is 3.33. The molecule has 0 radical (unpaired) electrons. The second-order valence-corrected chi connectivity index (χ2v) is 8.25. The van der Waals surface area contributed by atoms with Crippen LogP contribution in [0.5, 0.6) is 0 Å². The van der Waals surface area contributed by atoms with Gasteiger partial charge >= 0.3 is 5.97 Å². The first kappa shape index (κ1) is 21.5. The molecule has 0 saturated carbocycles. The normalized spacial score (nSPS) is 11.8. The van der Waals surface area contributed by atoms with E-state index in [9.17, 15) is 14.4 Å². The molecule has 7 nitrogen and oxygen atoms in total. The first-order valence-corrected chi connectivity index (χ1v) is 10.8. The van der Waals surface area contributed by atoms with E-state index >= 15 is 0 Å². The summed E-state index contributed by atoms with van der Waals surface area (Å²) in [5, 5.41) is 5.16. The molecule has 2 heterocycles. The van der Waals surface area contributed by atoms with Crippen LogP contribution in [-0.2, 0) is 9.53 Å². The molecule has 4 rings (SSSR count). The van der Waals surface area contributed by atoms with Gasteiger partial charge in [-0.25, -0.2) is 9.78 Å². The summed E-state index contributed by atoms with van der Waals surface area (Å²) in [6, 6.07) is 13.5. The number of aromatic nitrogens is 2. The second-order valence-electron chi connectivity index (χ2n) is 7.39. The van der Waals surface area contributed by atoms with E-state index in [0.29, 0.717) is 21.5 Å². The van der Waals surface area contributed by atoms with Crippen molar-refractivity contribution in [2.45, 2.75) is 19.9 Å². The predicted molar refractivity (Wildman–Crippen MR) is 125 cm³/mol. The highest BCUT2D eigenvalue weighted by molar-refractivity contribution is 7.17. The third-order valence-corrected chi connectivity index (χ3v) is 6.12. The van der Waals surface area contributed by atoms with Gasteiger partial charge in [0.1, 0.15) is 10.9 Å². The number of thiophene rings is 1. The SMILES string of the molecule is COC(=O)c1cccc(NC(=O)C(C)n2cnc3scc(-c4ccc(C)cc4)c3c2=O)c1. The molecule has 162 valence electrons. The molecule has 0 aliphatic carbocycles. The number of ether oxygens (including phenoxy) is 1. The van der Waals surface area contributed by atoms with E-state index in [0.717, 1.165) is 16.7 Å². The van der Waals surface area contributed by atoms with Crippen molar-refractivity contribution in [3.63, 3.8) is 0 Å². The van der Waals surface area contributed by atoms with Gasteiger partial charge in [0.2, 0.25) is 5.91 Å². The largest absolute Gasteiger partial charge is 0.465 e. The van der Waals surface area contributed by atoms with Crippen molar-refractivity contribution in [3.8, 4) is 11.1 Å². The van der Waals surface area contributed by atoms with E-state index in [1.54, 1.807) is 25.1 Å². The van der Waals surface area contributed by atoms with Crippen LogP contribution in [-0.4, -0.2) is 28.5 Å². The number of nitrogens with one attached hydrogen (secondary N) is 1. The van der Waals surface area contributed by atoms with Crippen LogP contribution in [0.2, 0.25) is 0 Å². The van der Waals surface area contributed by atoms with Gasteiger partial charge in [-0.1, -0.05) is 35.9 Å². The van der Waals surface area contributed by atoms with E-state index in [1.165, 1.54) is 35.4 Å². The quantitative estimate of drug-likeness (QED) is 0.458. The van der Waals surface area contributed by atoms with Gasteiger partial charge in [-0.3, -0.25) is 14.2 Å². The van der Waals surface area contributed by atoms with Crippen LogP contribution in [0.1, 0.15) is 28.9 Å². The summed E-state index contributed by atoms with van der Waals surface area (Å²) in [5.74, 6) is -0.900. The van der Waals surface area contributed by atoms with Crippen molar-refractivity contribution in [3.05, 3.63) is 81.7 Å². The summed E-state index contributed by atoms with van der Waals surface area (Å²) >= 11 is 1.40. The maximum Gasteiger partial charge on any atom is 0.337 e. The van der Waals surface area contributed by atoms with Crippen LogP contribution < -0.4 is 10.9 Å². The van der Waals surface area contributed by atoms with Crippen molar-refractivity contribution in [2.75, 3.05) is 12.4 Å². The molecule has 8 heteroatoms. The van der Waals surface area contributed by atoms with Crippen molar-refractivity contribution in [2.24, 2.45) is 0 Å². The molecule has 0 spiro atoms. The first-order chi connectivity index (χ1) is 15.4. The highest BCUT2D eigenvalue weighted by Gasteiger charge is 2.21. The lowest BCUT2D eigenvalue weighted by atomic mass is 10.0. The molecule has 0 aliphatic heterocycles. The Labute approximate surface area is 188 Å². The number of esters is 1. The number of anilines is 1. The maximum absolute atomic E-state index is 13.3. The fraction of sp³-hybridized carbons (Fsp3) is 0.167. The Morgan fingerprint density at radius 3 is 2.62 bits per heavy atom. The Hall–Kier alpha value is -3.78. The molecule has 1 N–H and O–H groups in total. The lowest BCUT2D eigenvalue weighted by Gasteiger charge is -2.15. The van der Waals surface area contributed by atoms with Crippen LogP contribution in [0.15, 0.2) is 65.0 Å². The zero-order valence-electron chi connectivity index (χ0n) is 17.8. The number of carbonyl (C=O) groups is 2. The van der Waals surface area contributed by atoms with Gasteiger partial charge in [-0.05, 0) is 37.6 Å². The van der Waals surface area contributed by atoms with Crippen LogP contribution >= 0.6 is 11.3 Å². The molecule has 0 aliphatic rings. The first-order valence-electron chi connectivity index (χ1n) is 9.93. The number of carbonyl (C=O) groups excluding carboxylic acids is 2. The van der Waals surface area contributed by atoms with Gasteiger partial charge < -0.3 is 10.1 Å². The molecule has 2 aromatic heterocycles. The van der Waals surface area contributed by atoms with Crippen molar-refractivity contribution in [1.82, 2.24) is 9.55 Å². The Kier molecular flexibility index (Phi) is 5.87. The fourth-order valence-electron chi connectivity index (χ4n) is 3.38. The minimum Gasteiger partial charge on any atom is -0.465 e. The monoisotopic (exact) mass is 447 g/mol. The lowest BCUT2D eigenvalue weighted by molar-refractivity contribution is -0.118. The van der Waals surface area contributed by atoms with Crippen LogP contribution in [0.4, 0.5) is 5.69 Å². The summed E-state index contributed by atoms with van der Waals surface area (Å²) in [7, 11) is 1.29. The zero-order chi connectivity index (χ0) is 22.8. The number of methoxy groups -OCH3 is 1. The zero-order valence-corrected chi connectivity index (χ0v) is 18.6. The number of nitrogens with zero attached hydrogens (tertiary/aromatic N) is 2. The van der Waals surface area contributed by atoms with Gasteiger partial charge in [0.25, 0.3) is 5.56 Å². The van der Waals surface area contributed by atoms with Crippen molar-refractivity contribution < 1.29 is 14.3 Å². The highest BCUT2D eigenvalue weighted by atomic mass is 32.1. The van der Waals surface area contributed by atoms with E-state index in [-0.39, 0.29) is 5.56 Å². The fourth-order valence-corrected chi connectivity index (χ4v) is 4.29. The molecule has 0 saturated heterocycles. The van der Waals surface area contributed by atoms with Gasteiger partial charge in [0.15, 0.2) is 0 Å². The summed E-state index contributed by atoms with van der Waals surface area (Å²) < 4.78 is 6.04. The number of amides is 1. The third-order valence-electron chi connectivity index (χ3n) is 5.23. The minimum absolute atomic E-state index is 0.280. The lowest BCUT2D eigenvalue weighted by Crippen LogP contribution is -2.31. The Balaban J connectivity index is 1.66. The van der Waals surface area contributed by atoms with Gasteiger partial charge in [0.05, 0.1) is 24.4 Å². The van der Waals surface area contributed by atoms with E-state index in [4.69, 9.17) is 4.74 Å². The van der Waals surface area contributed by atoms with E-state index < -0.39 is 17.9 Å². The summed E-state index contributed by atoms with van der Waals surface area (Å²) in [4.78, 5) is 43.0. The molecule has 32 heavy (non-hydrogen) atoms. The molecule has 1 unspecified atom stereocenters.